The first-order valence-corrected chi connectivity index (χ1v) is 8.08. The van der Waals surface area contributed by atoms with Gasteiger partial charge in [-0.15, -0.1) is 0 Å². The number of nitrogens with zero attached hydrogens (tertiary/aromatic N) is 3. The number of amides is 1. The van der Waals surface area contributed by atoms with Gasteiger partial charge in [0.05, 0.1) is 16.6 Å². The van der Waals surface area contributed by atoms with Gasteiger partial charge in [0.15, 0.2) is 5.65 Å². The standard InChI is InChI=1S/C18H16F4N4O/c1-10-7-14(18(20,21)22)16-11(2)25-26(17(16)24-10)9-15(27)23-8-12-3-5-13(19)6-4-12/h3-7H,8-9H2,1-2H3,(H,23,27). The molecular formula is C18H16F4N4O. The van der Waals surface area contributed by atoms with Crippen molar-refractivity contribution in [1.29, 1.82) is 0 Å². The summed E-state index contributed by atoms with van der Waals surface area (Å²) >= 11 is 0. The lowest BCUT2D eigenvalue weighted by Crippen LogP contribution is -2.27. The van der Waals surface area contributed by atoms with E-state index in [1.165, 1.54) is 38.1 Å². The summed E-state index contributed by atoms with van der Waals surface area (Å²) in [6.07, 6.45) is -4.55. The molecule has 1 amide bonds. The van der Waals surface area contributed by atoms with Crippen molar-refractivity contribution in [3.8, 4) is 0 Å². The first kappa shape index (κ1) is 18.8. The first-order chi connectivity index (χ1) is 12.6. The van der Waals surface area contributed by atoms with Gasteiger partial charge in [-0.3, -0.25) is 4.79 Å². The van der Waals surface area contributed by atoms with Gasteiger partial charge in [0.1, 0.15) is 12.4 Å². The maximum Gasteiger partial charge on any atom is 0.417 e. The fourth-order valence-electron chi connectivity index (χ4n) is 2.81. The van der Waals surface area contributed by atoms with Gasteiger partial charge >= 0.3 is 6.18 Å². The van der Waals surface area contributed by atoms with E-state index >= 15 is 0 Å². The Hall–Kier alpha value is -2.97. The van der Waals surface area contributed by atoms with Crippen LogP contribution in [-0.2, 0) is 24.1 Å². The second-order valence-electron chi connectivity index (χ2n) is 6.15. The van der Waals surface area contributed by atoms with Gasteiger partial charge in [-0.25, -0.2) is 14.1 Å². The minimum Gasteiger partial charge on any atom is -0.350 e. The molecule has 3 aromatic rings. The Labute approximate surface area is 152 Å². The van der Waals surface area contributed by atoms with E-state index in [0.29, 0.717) is 5.56 Å². The molecule has 3 rings (SSSR count). The number of pyridine rings is 1. The highest BCUT2D eigenvalue weighted by molar-refractivity contribution is 5.85. The number of hydrogen-bond acceptors (Lipinski definition) is 3. The lowest BCUT2D eigenvalue weighted by Gasteiger charge is -2.10. The van der Waals surface area contributed by atoms with Crippen LogP contribution in [0, 0.1) is 19.7 Å². The van der Waals surface area contributed by atoms with Crippen molar-refractivity contribution in [3.63, 3.8) is 0 Å². The van der Waals surface area contributed by atoms with Crippen LogP contribution in [0.1, 0.15) is 22.5 Å². The first-order valence-electron chi connectivity index (χ1n) is 8.08. The number of alkyl halides is 3. The van der Waals surface area contributed by atoms with Crippen LogP contribution in [0.15, 0.2) is 30.3 Å². The Morgan fingerprint density at radius 2 is 1.85 bits per heavy atom. The Morgan fingerprint density at radius 3 is 2.48 bits per heavy atom. The lowest BCUT2D eigenvalue weighted by molar-refractivity contribution is -0.136. The van der Waals surface area contributed by atoms with Crippen LogP contribution in [0.4, 0.5) is 17.6 Å². The van der Waals surface area contributed by atoms with Gasteiger partial charge in [0.25, 0.3) is 0 Å². The summed E-state index contributed by atoms with van der Waals surface area (Å²) in [7, 11) is 0. The van der Waals surface area contributed by atoms with Gasteiger partial charge < -0.3 is 5.32 Å². The lowest BCUT2D eigenvalue weighted by atomic mass is 10.1. The monoisotopic (exact) mass is 380 g/mol. The molecule has 0 aliphatic carbocycles. The van der Waals surface area contributed by atoms with Crippen molar-refractivity contribution in [2.45, 2.75) is 33.1 Å². The normalized spacial score (nSPS) is 11.8. The van der Waals surface area contributed by atoms with E-state index < -0.39 is 17.6 Å². The van der Waals surface area contributed by atoms with Crippen LogP contribution in [0.25, 0.3) is 11.0 Å². The SMILES string of the molecule is Cc1cc(C(F)(F)F)c2c(C)nn(CC(=O)NCc3ccc(F)cc3)c2n1. The Bertz CT molecular complexity index is 993. The van der Waals surface area contributed by atoms with Crippen molar-refractivity contribution < 1.29 is 22.4 Å². The number of rotatable bonds is 4. The molecular weight excluding hydrogens is 364 g/mol. The van der Waals surface area contributed by atoms with Crippen LogP contribution >= 0.6 is 0 Å². The van der Waals surface area contributed by atoms with E-state index in [0.717, 1.165) is 10.7 Å². The van der Waals surface area contributed by atoms with Crippen molar-refractivity contribution in [2.75, 3.05) is 0 Å². The van der Waals surface area contributed by atoms with Crippen molar-refractivity contribution >= 4 is 16.9 Å². The highest BCUT2D eigenvalue weighted by atomic mass is 19.4. The molecule has 0 aliphatic rings. The predicted molar refractivity (Wildman–Crippen MR) is 90.3 cm³/mol. The molecule has 2 aromatic heterocycles. The number of halogens is 4. The average molecular weight is 380 g/mol. The molecule has 0 spiro atoms. The number of carbonyl (C=O) groups is 1. The van der Waals surface area contributed by atoms with Crippen molar-refractivity contribution in [1.82, 2.24) is 20.1 Å². The molecule has 1 N–H and O–H groups in total. The summed E-state index contributed by atoms with van der Waals surface area (Å²) in [4.78, 5) is 16.3. The summed E-state index contributed by atoms with van der Waals surface area (Å²) in [6.45, 7) is 2.79. The number of fused-ring (bicyclic) bond motifs is 1. The molecule has 0 fully saturated rings. The van der Waals surface area contributed by atoms with E-state index in [4.69, 9.17) is 0 Å². The maximum absolute atomic E-state index is 13.3. The van der Waals surface area contributed by atoms with Crippen LogP contribution in [0.5, 0.6) is 0 Å². The third-order valence-corrected chi connectivity index (χ3v) is 4.01. The fraction of sp³-hybridized carbons (Fsp3) is 0.278. The molecule has 0 aliphatic heterocycles. The van der Waals surface area contributed by atoms with Gasteiger partial charge in [-0.05, 0) is 37.6 Å². The molecule has 27 heavy (non-hydrogen) atoms. The average Bonchev–Trinajstić information content (AvgIpc) is 2.88. The molecule has 0 saturated heterocycles. The number of hydrogen-bond donors (Lipinski definition) is 1. The molecule has 9 heteroatoms. The van der Waals surface area contributed by atoms with Gasteiger partial charge in [-0.2, -0.15) is 18.3 Å². The minimum absolute atomic E-state index is 0.0109. The van der Waals surface area contributed by atoms with Crippen LogP contribution in [-0.4, -0.2) is 20.7 Å². The van der Waals surface area contributed by atoms with Gasteiger partial charge in [0.2, 0.25) is 5.91 Å². The Balaban J connectivity index is 1.83. The number of carbonyl (C=O) groups excluding carboxylic acids is 1. The van der Waals surface area contributed by atoms with E-state index in [1.54, 1.807) is 0 Å². The molecule has 5 nitrogen and oxygen atoms in total. The minimum atomic E-state index is -4.55. The fourth-order valence-corrected chi connectivity index (χ4v) is 2.81. The quantitative estimate of drug-likeness (QED) is 0.705. The van der Waals surface area contributed by atoms with Crippen LogP contribution < -0.4 is 5.32 Å². The second-order valence-corrected chi connectivity index (χ2v) is 6.15. The second kappa shape index (κ2) is 6.98. The Kier molecular flexibility index (Phi) is 4.86. The summed E-state index contributed by atoms with van der Waals surface area (Å²) in [6, 6.07) is 6.58. The maximum atomic E-state index is 13.3. The summed E-state index contributed by atoms with van der Waals surface area (Å²) in [5.74, 6) is -0.828. The zero-order valence-corrected chi connectivity index (χ0v) is 14.6. The molecule has 2 heterocycles. The third-order valence-electron chi connectivity index (χ3n) is 4.01. The highest BCUT2D eigenvalue weighted by Crippen LogP contribution is 2.36. The topological polar surface area (TPSA) is 59.8 Å². The summed E-state index contributed by atoms with van der Waals surface area (Å²) in [5, 5.41) is 6.57. The summed E-state index contributed by atoms with van der Waals surface area (Å²) < 4.78 is 54.0. The molecule has 0 atom stereocenters. The van der Waals surface area contributed by atoms with E-state index in [1.807, 2.05) is 0 Å². The van der Waals surface area contributed by atoms with Gasteiger partial charge in [-0.1, -0.05) is 12.1 Å². The highest BCUT2D eigenvalue weighted by Gasteiger charge is 2.35. The smallest absolute Gasteiger partial charge is 0.350 e. The number of aromatic nitrogens is 3. The molecule has 0 saturated carbocycles. The molecule has 0 bridgehead atoms. The van der Waals surface area contributed by atoms with E-state index in [9.17, 15) is 22.4 Å². The van der Waals surface area contributed by atoms with Gasteiger partial charge in [0, 0.05) is 12.2 Å². The van der Waals surface area contributed by atoms with Crippen molar-refractivity contribution in [3.05, 3.63) is 58.7 Å². The predicted octanol–water partition coefficient (Wildman–Crippen LogP) is 3.52. The van der Waals surface area contributed by atoms with E-state index in [-0.39, 0.29) is 41.3 Å². The molecule has 142 valence electrons. The van der Waals surface area contributed by atoms with Crippen LogP contribution in [0.2, 0.25) is 0 Å². The number of nitrogens with one attached hydrogen (secondary N) is 1. The van der Waals surface area contributed by atoms with Crippen LogP contribution in [0.3, 0.4) is 0 Å². The van der Waals surface area contributed by atoms with E-state index in [2.05, 4.69) is 15.4 Å². The molecule has 0 radical (unpaired) electrons. The number of benzene rings is 1. The zero-order valence-electron chi connectivity index (χ0n) is 14.6. The molecule has 0 unspecified atom stereocenters. The van der Waals surface area contributed by atoms with Crippen molar-refractivity contribution in [2.24, 2.45) is 0 Å². The third kappa shape index (κ3) is 4.07. The Morgan fingerprint density at radius 1 is 1.19 bits per heavy atom. The largest absolute Gasteiger partial charge is 0.417 e. The number of aryl methyl sites for hydroxylation is 2. The zero-order chi connectivity index (χ0) is 19.8. The molecule has 1 aromatic carbocycles. The summed E-state index contributed by atoms with van der Waals surface area (Å²) in [5.41, 5.74) is 0.218.